The number of likely N-dealkylation sites (tertiary alicyclic amines) is 1. The van der Waals surface area contributed by atoms with Crippen LogP contribution in [0.25, 0.3) is 0 Å². The molecule has 124 valence electrons. The second-order valence-corrected chi connectivity index (χ2v) is 6.93. The summed E-state index contributed by atoms with van der Waals surface area (Å²) < 4.78 is 5.46. The second kappa shape index (κ2) is 6.88. The van der Waals surface area contributed by atoms with Crippen molar-refractivity contribution in [2.45, 2.75) is 39.2 Å². The van der Waals surface area contributed by atoms with Crippen LogP contribution in [-0.4, -0.2) is 30.6 Å². The molecule has 0 radical (unpaired) electrons. The van der Waals surface area contributed by atoms with Crippen molar-refractivity contribution in [3.8, 4) is 0 Å². The SMILES string of the molecule is C=C1C2CCCCC1(C(=O)OCC)CN(Cc1ccccc1)C2. The minimum Gasteiger partial charge on any atom is -0.465 e. The van der Waals surface area contributed by atoms with Crippen molar-refractivity contribution in [2.75, 3.05) is 19.7 Å². The maximum absolute atomic E-state index is 12.8. The zero-order chi connectivity index (χ0) is 16.3. The van der Waals surface area contributed by atoms with E-state index >= 15 is 0 Å². The number of rotatable bonds is 4. The molecule has 3 rings (SSSR count). The Hall–Kier alpha value is -1.61. The van der Waals surface area contributed by atoms with E-state index in [4.69, 9.17) is 4.74 Å². The zero-order valence-corrected chi connectivity index (χ0v) is 14.1. The molecule has 1 saturated carbocycles. The molecule has 0 N–H and O–H groups in total. The van der Waals surface area contributed by atoms with Crippen LogP contribution in [0.15, 0.2) is 42.5 Å². The third kappa shape index (κ3) is 3.20. The lowest BCUT2D eigenvalue weighted by atomic mass is 9.70. The van der Waals surface area contributed by atoms with Gasteiger partial charge in [-0.3, -0.25) is 9.69 Å². The van der Waals surface area contributed by atoms with E-state index in [1.807, 2.05) is 13.0 Å². The highest BCUT2D eigenvalue weighted by Gasteiger charge is 2.50. The number of fused-ring (bicyclic) bond motifs is 2. The molecule has 1 aliphatic carbocycles. The van der Waals surface area contributed by atoms with E-state index in [0.29, 0.717) is 12.5 Å². The number of nitrogens with zero attached hydrogens (tertiary/aromatic N) is 1. The predicted molar refractivity (Wildman–Crippen MR) is 91.9 cm³/mol. The molecule has 1 aromatic carbocycles. The van der Waals surface area contributed by atoms with Crippen molar-refractivity contribution in [3.05, 3.63) is 48.0 Å². The van der Waals surface area contributed by atoms with Gasteiger partial charge in [-0.25, -0.2) is 0 Å². The van der Waals surface area contributed by atoms with Crippen LogP contribution in [0.5, 0.6) is 0 Å². The Labute approximate surface area is 139 Å². The molecule has 2 atom stereocenters. The van der Waals surface area contributed by atoms with Gasteiger partial charge in [0.1, 0.15) is 5.41 Å². The molecule has 1 saturated heterocycles. The topological polar surface area (TPSA) is 29.5 Å². The number of piperidine rings is 1. The maximum Gasteiger partial charge on any atom is 0.317 e. The molecule has 0 aromatic heterocycles. The van der Waals surface area contributed by atoms with Gasteiger partial charge in [0, 0.05) is 19.6 Å². The first-order valence-corrected chi connectivity index (χ1v) is 8.78. The van der Waals surface area contributed by atoms with Crippen molar-refractivity contribution in [1.29, 1.82) is 0 Å². The summed E-state index contributed by atoms with van der Waals surface area (Å²) in [6.07, 6.45) is 4.30. The largest absolute Gasteiger partial charge is 0.465 e. The summed E-state index contributed by atoms with van der Waals surface area (Å²) in [5.41, 5.74) is 1.93. The molecule has 0 amide bonds. The quantitative estimate of drug-likeness (QED) is 0.625. The number of esters is 1. The molecule has 2 aliphatic rings. The van der Waals surface area contributed by atoms with Gasteiger partial charge in [0.05, 0.1) is 6.61 Å². The average Bonchev–Trinajstić information content (AvgIpc) is 2.65. The third-order valence-corrected chi connectivity index (χ3v) is 5.40. The summed E-state index contributed by atoms with van der Waals surface area (Å²) in [5, 5.41) is 0. The van der Waals surface area contributed by atoms with Gasteiger partial charge in [0.25, 0.3) is 0 Å². The summed E-state index contributed by atoms with van der Waals surface area (Å²) in [4.78, 5) is 15.2. The van der Waals surface area contributed by atoms with Gasteiger partial charge in [-0.05, 0) is 31.2 Å². The fourth-order valence-electron chi connectivity index (χ4n) is 4.21. The number of carbonyl (C=O) groups excluding carboxylic acids is 1. The van der Waals surface area contributed by atoms with Gasteiger partial charge in [-0.2, -0.15) is 0 Å². The number of benzene rings is 1. The van der Waals surface area contributed by atoms with Gasteiger partial charge in [-0.1, -0.05) is 55.3 Å². The van der Waals surface area contributed by atoms with E-state index < -0.39 is 5.41 Å². The Kier molecular flexibility index (Phi) is 4.86. The van der Waals surface area contributed by atoms with E-state index in [1.54, 1.807) is 0 Å². The molecule has 2 fully saturated rings. The number of hydrogen-bond acceptors (Lipinski definition) is 3. The molecule has 23 heavy (non-hydrogen) atoms. The van der Waals surface area contributed by atoms with Gasteiger partial charge in [0.15, 0.2) is 0 Å². The van der Waals surface area contributed by atoms with Gasteiger partial charge in [0.2, 0.25) is 0 Å². The lowest BCUT2D eigenvalue weighted by Crippen LogP contribution is -2.52. The van der Waals surface area contributed by atoms with Gasteiger partial charge in [-0.15, -0.1) is 0 Å². The van der Waals surface area contributed by atoms with Gasteiger partial charge < -0.3 is 4.74 Å². The first-order chi connectivity index (χ1) is 11.2. The summed E-state index contributed by atoms with van der Waals surface area (Å²) in [6.45, 7) is 9.32. The number of carbonyl (C=O) groups is 1. The van der Waals surface area contributed by atoms with E-state index in [1.165, 1.54) is 12.0 Å². The molecule has 3 heteroatoms. The second-order valence-electron chi connectivity index (χ2n) is 6.93. The first-order valence-electron chi connectivity index (χ1n) is 8.78. The van der Waals surface area contributed by atoms with Crippen molar-refractivity contribution in [2.24, 2.45) is 11.3 Å². The molecule has 1 heterocycles. The third-order valence-electron chi connectivity index (χ3n) is 5.40. The van der Waals surface area contributed by atoms with E-state index in [-0.39, 0.29) is 5.97 Å². The maximum atomic E-state index is 12.8. The van der Waals surface area contributed by atoms with Crippen LogP contribution < -0.4 is 0 Å². The van der Waals surface area contributed by atoms with Crippen LogP contribution in [0.3, 0.4) is 0 Å². The highest BCUT2D eigenvalue weighted by Crippen LogP contribution is 2.47. The lowest BCUT2D eigenvalue weighted by Gasteiger charge is -2.45. The lowest BCUT2D eigenvalue weighted by molar-refractivity contribution is -0.156. The minimum atomic E-state index is -0.496. The Bertz CT molecular complexity index is 568. The van der Waals surface area contributed by atoms with Crippen LogP contribution in [0.4, 0.5) is 0 Å². The monoisotopic (exact) mass is 313 g/mol. The van der Waals surface area contributed by atoms with Crippen LogP contribution in [0.1, 0.15) is 38.2 Å². The molecule has 2 bridgehead atoms. The summed E-state index contributed by atoms with van der Waals surface area (Å²) in [6, 6.07) is 10.5. The Morgan fingerprint density at radius 2 is 2.13 bits per heavy atom. The Morgan fingerprint density at radius 1 is 1.35 bits per heavy atom. The van der Waals surface area contributed by atoms with Crippen molar-refractivity contribution >= 4 is 5.97 Å². The fraction of sp³-hybridized carbons (Fsp3) is 0.550. The highest BCUT2D eigenvalue weighted by molar-refractivity contribution is 5.81. The summed E-state index contributed by atoms with van der Waals surface area (Å²) in [7, 11) is 0. The van der Waals surface area contributed by atoms with Crippen LogP contribution in [0, 0.1) is 11.3 Å². The number of hydrogen-bond donors (Lipinski definition) is 0. The standard InChI is InChI=1S/C20H27NO2/c1-3-23-19(22)20-12-8-7-11-18(16(20)2)14-21(15-20)13-17-9-5-4-6-10-17/h4-6,9-10,18H,2-3,7-8,11-15H2,1H3. The molecule has 0 spiro atoms. The molecular formula is C20H27NO2. The fourth-order valence-corrected chi connectivity index (χ4v) is 4.21. The average molecular weight is 313 g/mol. The summed E-state index contributed by atoms with van der Waals surface area (Å²) in [5.74, 6) is 0.356. The van der Waals surface area contributed by atoms with Crippen molar-refractivity contribution < 1.29 is 9.53 Å². The van der Waals surface area contributed by atoms with Gasteiger partial charge >= 0.3 is 5.97 Å². The van der Waals surface area contributed by atoms with Crippen molar-refractivity contribution in [3.63, 3.8) is 0 Å². The van der Waals surface area contributed by atoms with E-state index in [9.17, 15) is 4.79 Å². The molecule has 2 unspecified atom stereocenters. The Morgan fingerprint density at radius 3 is 2.87 bits per heavy atom. The Balaban J connectivity index is 1.85. The summed E-state index contributed by atoms with van der Waals surface area (Å²) >= 11 is 0. The zero-order valence-electron chi connectivity index (χ0n) is 14.1. The number of ether oxygens (including phenoxy) is 1. The van der Waals surface area contributed by atoms with E-state index in [0.717, 1.165) is 44.5 Å². The van der Waals surface area contributed by atoms with Crippen molar-refractivity contribution in [1.82, 2.24) is 4.90 Å². The molecule has 1 aromatic rings. The molecule has 1 aliphatic heterocycles. The predicted octanol–water partition coefficient (Wildman–Crippen LogP) is 3.80. The van der Waals surface area contributed by atoms with Crippen LogP contribution >= 0.6 is 0 Å². The van der Waals surface area contributed by atoms with E-state index in [2.05, 4.69) is 35.7 Å². The van der Waals surface area contributed by atoms with Crippen LogP contribution in [0.2, 0.25) is 0 Å². The minimum absolute atomic E-state index is 0.0605. The smallest absolute Gasteiger partial charge is 0.317 e. The van der Waals surface area contributed by atoms with Crippen LogP contribution in [-0.2, 0) is 16.1 Å². The molecular weight excluding hydrogens is 286 g/mol. The first kappa shape index (κ1) is 16.3. The normalized spacial score (nSPS) is 28.2. The highest BCUT2D eigenvalue weighted by atomic mass is 16.5. The molecule has 3 nitrogen and oxygen atoms in total.